The smallest absolute Gasteiger partial charge is 0.172 e. The van der Waals surface area contributed by atoms with Crippen LogP contribution in [0.1, 0.15) is 6.42 Å². The maximum Gasteiger partial charge on any atom is 0.172 e. The zero-order chi connectivity index (χ0) is 5.28. The molecule has 2 heteroatoms. The molecule has 0 aromatic carbocycles. The average molecular weight is 97.1 g/mol. The summed E-state index contributed by atoms with van der Waals surface area (Å²) in [6.07, 6.45) is 4.05. The van der Waals surface area contributed by atoms with Crippen molar-refractivity contribution in [2.45, 2.75) is 12.5 Å². The number of rotatable bonds is 0. The van der Waals surface area contributed by atoms with Gasteiger partial charge in [-0.1, -0.05) is 6.08 Å². The quantitative estimate of drug-likeness (QED) is 0.456. The lowest BCUT2D eigenvalue weighted by atomic mass is 10.2. The van der Waals surface area contributed by atoms with Gasteiger partial charge in [-0.15, -0.1) is 0 Å². The van der Waals surface area contributed by atoms with Crippen molar-refractivity contribution in [2.24, 2.45) is 5.73 Å². The summed E-state index contributed by atoms with van der Waals surface area (Å²) in [6.45, 7) is 0. The third-order valence-corrected chi connectivity index (χ3v) is 1.04. The fourth-order valence-corrected chi connectivity index (χ4v) is 0.571. The standard InChI is InChI=1S/C5H7NO/c6-4-2-1-3-5(4)7/h1,3-4H,2,6H2. The molecule has 0 aromatic rings. The first-order valence-electron chi connectivity index (χ1n) is 2.26. The van der Waals surface area contributed by atoms with E-state index < -0.39 is 0 Å². The minimum Gasteiger partial charge on any atom is -0.321 e. The summed E-state index contributed by atoms with van der Waals surface area (Å²) in [5.41, 5.74) is 5.27. The Morgan fingerprint density at radius 3 is 2.71 bits per heavy atom. The van der Waals surface area contributed by atoms with Crippen LogP contribution in [-0.4, -0.2) is 11.8 Å². The van der Waals surface area contributed by atoms with Crippen LogP contribution >= 0.6 is 0 Å². The van der Waals surface area contributed by atoms with Crippen LogP contribution in [0.25, 0.3) is 0 Å². The molecule has 1 aliphatic carbocycles. The lowest BCUT2D eigenvalue weighted by Crippen LogP contribution is -2.24. The first-order valence-corrected chi connectivity index (χ1v) is 2.26. The van der Waals surface area contributed by atoms with E-state index in [4.69, 9.17) is 5.73 Å². The first kappa shape index (κ1) is 4.53. The van der Waals surface area contributed by atoms with E-state index in [0.29, 0.717) is 0 Å². The molecule has 0 radical (unpaired) electrons. The van der Waals surface area contributed by atoms with E-state index in [9.17, 15) is 4.79 Å². The van der Waals surface area contributed by atoms with Crippen LogP contribution in [-0.2, 0) is 4.79 Å². The molecule has 0 spiro atoms. The summed E-state index contributed by atoms with van der Waals surface area (Å²) in [5, 5.41) is 0. The summed E-state index contributed by atoms with van der Waals surface area (Å²) in [4.78, 5) is 10.4. The number of hydrogen-bond donors (Lipinski definition) is 1. The van der Waals surface area contributed by atoms with Gasteiger partial charge < -0.3 is 5.73 Å². The van der Waals surface area contributed by atoms with Gasteiger partial charge in [-0.2, -0.15) is 0 Å². The molecule has 1 rings (SSSR count). The molecule has 0 saturated carbocycles. The van der Waals surface area contributed by atoms with E-state index in [2.05, 4.69) is 0 Å². The highest BCUT2D eigenvalue weighted by atomic mass is 16.1. The summed E-state index contributed by atoms with van der Waals surface area (Å²) < 4.78 is 0. The molecule has 0 bridgehead atoms. The molecule has 0 amide bonds. The molecule has 2 nitrogen and oxygen atoms in total. The molecule has 0 heterocycles. The van der Waals surface area contributed by atoms with Gasteiger partial charge >= 0.3 is 0 Å². The van der Waals surface area contributed by atoms with E-state index in [1.165, 1.54) is 6.08 Å². The van der Waals surface area contributed by atoms with Gasteiger partial charge in [0.25, 0.3) is 0 Å². The van der Waals surface area contributed by atoms with Gasteiger partial charge in [0.05, 0.1) is 6.04 Å². The molecule has 1 atom stereocenters. The predicted molar refractivity (Wildman–Crippen MR) is 26.7 cm³/mol. The van der Waals surface area contributed by atoms with E-state index in [0.717, 1.165) is 6.42 Å². The Hall–Kier alpha value is -0.630. The van der Waals surface area contributed by atoms with Crippen LogP contribution in [0.4, 0.5) is 0 Å². The molecule has 2 N–H and O–H groups in total. The van der Waals surface area contributed by atoms with Crippen molar-refractivity contribution in [1.82, 2.24) is 0 Å². The number of carbonyl (C=O) groups is 1. The Morgan fingerprint density at radius 1 is 1.86 bits per heavy atom. The van der Waals surface area contributed by atoms with Gasteiger partial charge in [-0.25, -0.2) is 0 Å². The molecule has 0 aliphatic heterocycles. The number of hydrogen-bond acceptors (Lipinski definition) is 2. The van der Waals surface area contributed by atoms with Gasteiger partial charge in [0.2, 0.25) is 0 Å². The Balaban J connectivity index is 2.62. The highest BCUT2D eigenvalue weighted by Gasteiger charge is 2.12. The van der Waals surface area contributed by atoms with Gasteiger partial charge in [0.15, 0.2) is 5.78 Å². The highest BCUT2D eigenvalue weighted by molar-refractivity contribution is 5.96. The summed E-state index contributed by atoms with van der Waals surface area (Å²) in [5.74, 6) is 0.0556. The van der Waals surface area contributed by atoms with Crippen LogP contribution in [0.15, 0.2) is 12.2 Å². The maximum atomic E-state index is 10.4. The Morgan fingerprint density at radius 2 is 2.57 bits per heavy atom. The second kappa shape index (κ2) is 1.46. The van der Waals surface area contributed by atoms with E-state index >= 15 is 0 Å². The largest absolute Gasteiger partial charge is 0.321 e. The summed E-state index contributed by atoms with van der Waals surface area (Å²) >= 11 is 0. The van der Waals surface area contributed by atoms with Gasteiger partial charge in [0.1, 0.15) is 0 Å². The number of nitrogens with two attached hydrogens (primary N) is 1. The summed E-state index contributed by atoms with van der Waals surface area (Å²) in [6, 6.07) is -0.236. The number of carbonyl (C=O) groups excluding carboxylic acids is 1. The monoisotopic (exact) mass is 97.1 g/mol. The maximum absolute atomic E-state index is 10.4. The van der Waals surface area contributed by atoms with Crippen molar-refractivity contribution in [2.75, 3.05) is 0 Å². The van der Waals surface area contributed by atoms with Crippen molar-refractivity contribution in [3.05, 3.63) is 12.2 Å². The fraction of sp³-hybridized carbons (Fsp3) is 0.400. The van der Waals surface area contributed by atoms with Gasteiger partial charge in [0, 0.05) is 0 Å². The molecule has 38 valence electrons. The van der Waals surface area contributed by atoms with Crippen LogP contribution < -0.4 is 5.73 Å². The van der Waals surface area contributed by atoms with Crippen LogP contribution in [0.3, 0.4) is 0 Å². The predicted octanol–water partition coefficient (Wildman–Crippen LogP) is -0.157. The second-order valence-electron chi connectivity index (χ2n) is 1.65. The zero-order valence-corrected chi connectivity index (χ0v) is 3.92. The Labute approximate surface area is 42.0 Å². The van der Waals surface area contributed by atoms with Gasteiger partial charge in [-0.05, 0) is 12.5 Å². The molecular formula is C5H7NO. The highest BCUT2D eigenvalue weighted by Crippen LogP contribution is 2.00. The lowest BCUT2D eigenvalue weighted by Gasteiger charge is -1.92. The van der Waals surface area contributed by atoms with Gasteiger partial charge in [-0.3, -0.25) is 4.79 Å². The van der Waals surface area contributed by atoms with Crippen LogP contribution in [0, 0.1) is 0 Å². The normalized spacial score (nSPS) is 29.3. The van der Waals surface area contributed by atoms with Crippen LogP contribution in [0.5, 0.6) is 0 Å². The molecule has 0 saturated heterocycles. The summed E-state index contributed by atoms with van der Waals surface area (Å²) in [7, 11) is 0. The third-order valence-electron chi connectivity index (χ3n) is 1.04. The Kier molecular flexibility index (Phi) is 0.947. The third kappa shape index (κ3) is 0.695. The van der Waals surface area contributed by atoms with Crippen molar-refractivity contribution >= 4 is 5.78 Å². The molecule has 0 aromatic heterocycles. The minimum absolute atomic E-state index is 0.0556. The second-order valence-corrected chi connectivity index (χ2v) is 1.65. The van der Waals surface area contributed by atoms with Crippen molar-refractivity contribution in [1.29, 1.82) is 0 Å². The Bertz CT molecular complexity index is 117. The fourth-order valence-electron chi connectivity index (χ4n) is 0.571. The SMILES string of the molecule is NC1CC=CC1=O. The minimum atomic E-state index is -0.236. The van der Waals surface area contributed by atoms with Crippen molar-refractivity contribution in [3.8, 4) is 0 Å². The number of ketones is 1. The van der Waals surface area contributed by atoms with Crippen molar-refractivity contribution < 1.29 is 4.79 Å². The molecule has 1 aliphatic rings. The molecule has 0 fully saturated rings. The van der Waals surface area contributed by atoms with E-state index in [-0.39, 0.29) is 11.8 Å². The zero-order valence-electron chi connectivity index (χ0n) is 3.92. The lowest BCUT2D eigenvalue weighted by molar-refractivity contribution is -0.115. The first-order chi connectivity index (χ1) is 3.30. The van der Waals surface area contributed by atoms with Crippen LogP contribution in [0.2, 0.25) is 0 Å². The van der Waals surface area contributed by atoms with E-state index in [1.807, 2.05) is 0 Å². The van der Waals surface area contributed by atoms with E-state index in [1.54, 1.807) is 6.08 Å². The van der Waals surface area contributed by atoms with Crippen molar-refractivity contribution in [3.63, 3.8) is 0 Å². The molecule has 1 unspecified atom stereocenters. The molecular weight excluding hydrogens is 90.1 g/mol. The topological polar surface area (TPSA) is 43.1 Å². The molecule has 7 heavy (non-hydrogen) atoms. The average Bonchev–Trinajstić information content (AvgIpc) is 1.91.